The molecule has 0 aliphatic carbocycles. The van der Waals surface area contributed by atoms with Gasteiger partial charge in [0, 0.05) is 5.56 Å². The van der Waals surface area contributed by atoms with Crippen LogP contribution in [-0.2, 0) is 13.6 Å². The van der Waals surface area contributed by atoms with Crippen LogP contribution in [0.25, 0.3) is 11.0 Å². The van der Waals surface area contributed by atoms with Crippen molar-refractivity contribution in [2.45, 2.75) is 13.5 Å². The number of benzene rings is 2. The van der Waals surface area contributed by atoms with Gasteiger partial charge in [-0.2, -0.15) is 0 Å². The maximum atomic E-state index is 12.4. The molecule has 4 heteroatoms. The summed E-state index contributed by atoms with van der Waals surface area (Å²) in [6.45, 7) is 2.25. The summed E-state index contributed by atoms with van der Waals surface area (Å²) in [6, 6.07) is 15.5. The van der Waals surface area contributed by atoms with Gasteiger partial charge in [0.05, 0.1) is 7.05 Å². The Bertz CT molecular complexity index is 816. The normalized spacial score (nSPS) is 11.0. The van der Waals surface area contributed by atoms with E-state index in [1.54, 1.807) is 0 Å². The maximum absolute atomic E-state index is 12.4. The molecule has 0 saturated heterocycles. The number of Topliss-reactive ketones (excluding diaryl/α,β-unsaturated/α-hetero) is 1. The minimum atomic E-state index is 0.0584. The summed E-state index contributed by atoms with van der Waals surface area (Å²) < 4.78 is 3.76. The molecular formula is C17H18N3O+. The van der Waals surface area contributed by atoms with Crippen LogP contribution in [0.5, 0.6) is 0 Å². The first-order chi connectivity index (χ1) is 10.1. The van der Waals surface area contributed by atoms with Crippen LogP contribution in [0.4, 0.5) is 5.95 Å². The zero-order chi connectivity index (χ0) is 15.0. The number of nitrogen functional groups attached to an aromatic ring is 1. The van der Waals surface area contributed by atoms with Crippen molar-refractivity contribution >= 4 is 22.8 Å². The summed E-state index contributed by atoms with van der Waals surface area (Å²) in [6.07, 6.45) is 0. The van der Waals surface area contributed by atoms with E-state index >= 15 is 0 Å². The minimum Gasteiger partial charge on any atom is -0.291 e. The number of hydrogen-bond acceptors (Lipinski definition) is 2. The fraction of sp³-hybridized carbons (Fsp3) is 0.176. The highest BCUT2D eigenvalue weighted by Crippen LogP contribution is 2.16. The molecule has 0 fully saturated rings. The number of rotatable bonds is 3. The number of hydrogen-bond donors (Lipinski definition) is 1. The van der Waals surface area contributed by atoms with Crippen LogP contribution in [-0.4, -0.2) is 10.4 Å². The Morgan fingerprint density at radius 3 is 2.52 bits per heavy atom. The predicted octanol–water partition coefficient (Wildman–Crippen LogP) is 2.24. The van der Waals surface area contributed by atoms with Crippen LogP contribution in [0.1, 0.15) is 15.9 Å². The first kappa shape index (κ1) is 13.4. The molecule has 0 unspecified atom stereocenters. The number of carbonyl (C=O) groups excluding carboxylic acids is 1. The molecule has 2 aromatic carbocycles. The lowest BCUT2D eigenvalue weighted by atomic mass is 10.1. The molecule has 2 N–H and O–H groups in total. The number of aromatic nitrogens is 2. The summed E-state index contributed by atoms with van der Waals surface area (Å²) in [5.74, 6) is 0.639. The van der Waals surface area contributed by atoms with Crippen molar-refractivity contribution in [2.24, 2.45) is 7.05 Å². The van der Waals surface area contributed by atoms with Crippen LogP contribution in [0, 0.1) is 6.92 Å². The van der Waals surface area contributed by atoms with Gasteiger partial charge in [-0.3, -0.25) is 10.5 Å². The molecule has 106 valence electrons. The molecule has 0 atom stereocenters. The smallest absolute Gasteiger partial charge is 0.291 e. The number of nitrogens with zero attached hydrogens (tertiary/aromatic N) is 2. The average molecular weight is 280 g/mol. The summed E-state index contributed by atoms with van der Waals surface area (Å²) >= 11 is 0. The van der Waals surface area contributed by atoms with Crippen molar-refractivity contribution < 1.29 is 9.36 Å². The van der Waals surface area contributed by atoms with Gasteiger partial charge in [-0.15, -0.1) is 0 Å². The molecule has 3 aromatic rings. The number of carbonyl (C=O) groups is 1. The van der Waals surface area contributed by atoms with E-state index in [1.807, 2.05) is 71.6 Å². The average Bonchev–Trinajstić information content (AvgIpc) is 2.73. The standard InChI is InChI=1S/C17H17N3O/c1-12-7-9-13(10-8-12)16(21)11-20-15-6-4-3-5-14(15)19(2)17(20)18/h3-10,18H,11H2,1-2H3/p+1. The van der Waals surface area contributed by atoms with Crippen molar-refractivity contribution in [3.63, 3.8) is 0 Å². The molecule has 1 heterocycles. The second-order valence-corrected chi connectivity index (χ2v) is 5.28. The van der Waals surface area contributed by atoms with Crippen molar-refractivity contribution in [3.05, 3.63) is 59.7 Å². The van der Waals surface area contributed by atoms with Crippen molar-refractivity contribution in [1.82, 2.24) is 4.57 Å². The van der Waals surface area contributed by atoms with Crippen molar-refractivity contribution in [3.8, 4) is 0 Å². The van der Waals surface area contributed by atoms with Gasteiger partial charge in [0.2, 0.25) is 0 Å². The molecule has 0 spiro atoms. The highest BCUT2D eigenvalue weighted by atomic mass is 16.1. The molecule has 1 aromatic heterocycles. The largest absolute Gasteiger partial charge is 0.356 e. The van der Waals surface area contributed by atoms with Gasteiger partial charge >= 0.3 is 5.95 Å². The Kier molecular flexibility index (Phi) is 3.22. The third-order valence-corrected chi connectivity index (χ3v) is 3.83. The number of imidazole rings is 1. The Morgan fingerprint density at radius 2 is 1.81 bits per heavy atom. The lowest BCUT2D eigenvalue weighted by Gasteiger charge is -2.02. The molecule has 3 rings (SSSR count). The van der Waals surface area contributed by atoms with Crippen LogP contribution in [0.15, 0.2) is 48.5 Å². The summed E-state index contributed by atoms with van der Waals surface area (Å²) in [4.78, 5) is 12.4. The topological polar surface area (TPSA) is 51.9 Å². The van der Waals surface area contributed by atoms with E-state index in [0.717, 1.165) is 16.6 Å². The van der Waals surface area contributed by atoms with E-state index in [-0.39, 0.29) is 12.3 Å². The minimum absolute atomic E-state index is 0.0584. The number of anilines is 1. The summed E-state index contributed by atoms with van der Waals surface area (Å²) in [5.41, 5.74) is 9.98. The maximum Gasteiger partial charge on any atom is 0.356 e. The van der Waals surface area contributed by atoms with Gasteiger partial charge in [0.15, 0.2) is 5.78 Å². The first-order valence-electron chi connectivity index (χ1n) is 6.90. The van der Waals surface area contributed by atoms with Gasteiger partial charge in [-0.1, -0.05) is 42.0 Å². The van der Waals surface area contributed by atoms with Crippen molar-refractivity contribution in [2.75, 3.05) is 5.73 Å². The van der Waals surface area contributed by atoms with Gasteiger partial charge < -0.3 is 0 Å². The van der Waals surface area contributed by atoms with Crippen molar-refractivity contribution in [1.29, 1.82) is 0 Å². The molecule has 21 heavy (non-hydrogen) atoms. The van der Waals surface area contributed by atoms with Crippen LogP contribution in [0.2, 0.25) is 0 Å². The van der Waals surface area contributed by atoms with Gasteiger partial charge in [-0.05, 0) is 19.1 Å². The fourth-order valence-corrected chi connectivity index (χ4v) is 2.54. The zero-order valence-electron chi connectivity index (χ0n) is 12.2. The van der Waals surface area contributed by atoms with Gasteiger partial charge in [0.1, 0.15) is 17.6 Å². The summed E-state index contributed by atoms with van der Waals surface area (Å²) in [5, 5.41) is 0. The second kappa shape index (κ2) is 5.05. The molecule has 0 amide bonds. The number of fused-ring (bicyclic) bond motifs is 1. The Morgan fingerprint density at radius 1 is 1.14 bits per heavy atom. The van der Waals surface area contributed by atoms with Crippen LogP contribution in [0.3, 0.4) is 0 Å². The molecule has 0 bridgehead atoms. The third kappa shape index (κ3) is 2.29. The molecule has 4 nitrogen and oxygen atoms in total. The Balaban J connectivity index is 2.00. The highest BCUT2D eigenvalue weighted by Gasteiger charge is 2.20. The Labute approximate surface area is 123 Å². The number of aryl methyl sites for hydroxylation is 2. The van der Waals surface area contributed by atoms with E-state index in [0.29, 0.717) is 11.5 Å². The quantitative estimate of drug-likeness (QED) is 0.591. The third-order valence-electron chi connectivity index (χ3n) is 3.83. The first-order valence-corrected chi connectivity index (χ1v) is 6.90. The lowest BCUT2D eigenvalue weighted by Crippen LogP contribution is -2.31. The molecule has 0 aliphatic heterocycles. The van der Waals surface area contributed by atoms with E-state index in [2.05, 4.69) is 0 Å². The molecular weight excluding hydrogens is 262 g/mol. The van der Waals surface area contributed by atoms with Gasteiger partial charge in [-0.25, -0.2) is 9.13 Å². The van der Waals surface area contributed by atoms with E-state index in [4.69, 9.17) is 5.73 Å². The monoisotopic (exact) mass is 280 g/mol. The zero-order valence-corrected chi connectivity index (χ0v) is 12.2. The fourth-order valence-electron chi connectivity index (χ4n) is 2.54. The number of ketones is 1. The summed E-state index contributed by atoms with van der Waals surface area (Å²) in [7, 11) is 1.91. The second-order valence-electron chi connectivity index (χ2n) is 5.28. The number of nitrogens with two attached hydrogens (primary N) is 1. The molecule has 0 radical (unpaired) electrons. The molecule has 0 saturated carbocycles. The van der Waals surface area contributed by atoms with E-state index in [1.165, 1.54) is 0 Å². The molecule has 0 aliphatic rings. The lowest BCUT2D eigenvalue weighted by molar-refractivity contribution is -0.630. The SMILES string of the molecule is Cc1ccc(C(=O)Cn2c(N)[n+](C)c3ccccc32)cc1. The highest BCUT2D eigenvalue weighted by molar-refractivity contribution is 5.96. The van der Waals surface area contributed by atoms with Crippen LogP contribution < -0.4 is 10.3 Å². The van der Waals surface area contributed by atoms with E-state index < -0.39 is 0 Å². The van der Waals surface area contributed by atoms with Crippen LogP contribution >= 0.6 is 0 Å². The Hall–Kier alpha value is -2.62. The number of para-hydroxylation sites is 2. The van der Waals surface area contributed by atoms with E-state index in [9.17, 15) is 4.79 Å². The predicted molar refractivity (Wildman–Crippen MR) is 83.0 cm³/mol. The van der Waals surface area contributed by atoms with Gasteiger partial charge in [0.25, 0.3) is 0 Å².